The molecule has 0 bridgehead atoms. The Morgan fingerprint density at radius 3 is 2.91 bits per heavy atom. The van der Waals surface area contributed by atoms with Crippen LogP contribution in [-0.2, 0) is 0 Å². The Morgan fingerprint density at radius 2 is 2.18 bits per heavy atom. The van der Waals surface area contributed by atoms with Gasteiger partial charge in [0.2, 0.25) is 0 Å². The first kappa shape index (κ1) is 6.34. The van der Waals surface area contributed by atoms with Gasteiger partial charge in [0, 0.05) is 18.0 Å². The maximum absolute atomic E-state index is 4.27. The lowest BCUT2D eigenvalue weighted by atomic mass is 10.3. The molecule has 0 unspecified atom stereocenters. The Balaban J connectivity index is 2.92. The third kappa shape index (κ3) is 0.808. The van der Waals surface area contributed by atoms with Gasteiger partial charge >= 0.3 is 0 Å². The molecule has 2 rings (SSSR count). The monoisotopic (exact) mass is 147 g/mol. The Morgan fingerprint density at radius 1 is 1.36 bits per heavy atom. The summed E-state index contributed by atoms with van der Waals surface area (Å²) < 4.78 is 1.80. The molecule has 0 saturated carbocycles. The van der Waals surface area contributed by atoms with Crippen LogP contribution in [0.1, 0.15) is 11.3 Å². The number of rotatable bonds is 0. The molecule has 0 N–H and O–H groups in total. The van der Waals surface area contributed by atoms with E-state index < -0.39 is 0 Å². The van der Waals surface area contributed by atoms with Crippen molar-refractivity contribution in [1.82, 2.24) is 14.6 Å². The summed E-state index contributed by atoms with van der Waals surface area (Å²) >= 11 is 0. The molecule has 0 fully saturated rings. The lowest BCUT2D eigenvalue weighted by molar-refractivity contribution is 0.917. The van der Waals surface area contributed by atoms with E-state index in [0.717, 1.165) is 16.9 Å². The summed E-state index contributed by atoms with van der Waals surface area (Å²) in [4.78, 5) is 4.20. The first-order valence-electron chi connectivity index (χ1n) is 3.55. The lowest BCUT2D eigenvalue weighted by Gasteiger charge is -1.88. The largest absolute Gasteiger partial charge is 0.237 e. The van der Waals surface area contributed by atoms with Crippen molar-refractivity contribution < 1.29 is 0 Å². The minimum atomic E-state index is 0.949. The highest BCUT2D eigenvalue weighted by atomic mass is 15.2. The number of aryl methyl sites for hydroxylation is 2. The van der Waals surface area contributed by atoms with Crippen molar-refractivity contribution in [3.63, 3.8) is 0 Å². The second-order valence-corrected chi connectivity index (χ2v) is 2.60. The van der Waals surface area contributed by atoms with E-state index in [-0.39, 0.29) is 0 Å². The van der Waals surface area contributed by atoms with Crippen molar-refractivity contribution in [3.05, 3.63) is 29.7 Å². The van der Waals surface area contributed by atoms with Crippen LogP contribution >= 0.6 is 0 Å². The van der Waals surface area contributed by atoms with Crippen LogP contribution in [0.2, 0.25) is 0 Å². The van der Waals surface area contributed by atoms with Crippen LogP contribution in [-0.4, -0.2) is 14.6 Å². The zero-order chi connectivity index (χ0) is 7.84. The molecule has 3 nitrogen and oxygen atoms in total. The summed E-state index contributed by atoms with van der Waals surface area (Å²) in [5.74, 6) is 0. The summed E-state index contributed by atoms with van der Waals surface area (Å²) in [6, 6.07) is 1.87. The van der Waals surface area contributed by atoms with Gasteiger partial charge in [-0.3, -0.25) is 0 Å². The zero-order valence-corrected chi connectivity index (χ0v) is 6.57. The first-order chi connectivity index (χ1) is 5.29. The minimum absolute atomic E-state index is 0.949. The van der Waals surface area contributed by atoms with Gasteiger partial charge in [-0.05, 0) is 19.9 Å². The number of hydrogen-bond donors (Lipinski definition) is 0. The standard InChI is InChI=1S/C8H9N3/c1-6-7(2)10-11-5-3-4-9-8(6)11/h3-5H,1-2H3. The van der Waals surface area contributed by atoms with Gasteiger partial charge in [-0.25, -0.2) is 9.50 Å². The molecule has 0 spiro atoms. The summed E-state index contributed by atoms with van der Waals surface area (Å²) in [5.41, 5.74) is 3.15. The van der Waals surface area contributed by atoms with Gasteiger partial charge in [-0.2, -0.15) is 5.10 Å². The molecule has 0 aliphatic carbocycles. The molecule has 2 heterocycles. The minimum Gasteiger partial charge on any atom is -0.237 e. The van der Waals surface area contributed by atoms with Crippen molar-refractivity contribution >= 4 is 5.65 Å². The summed E-state index contributed by atoms with van der Waals surface area (Å²) in [6.45, 7) is 4.02. The second-order valence-electron chi connectivity index (χ2n) is 2.60. The first-order valence-corrected chi connectivity index (χ1v) is 3.55. The summed E-state index contributed by atoms with van der Waals surface area (Å²) in [7, 11) is 0. The molecule has 2 aromatic rings. The third-order valence-corrected chi connectivity index (χ3v) is 1.86. The van der Waals surface area contributed by atoms with Crippen LogP contribution in [0.5, 0.6) is 0 Å². The van der Waals surface area contributed by atoms with Crippen molar-refractivity contribution in [2.24, 2.45) is 0 Å². The van der Waals surface area contributed by atoms with Crippen molar-refractivity contribution in [3.8, 4) is 0 Å². The maximum atomic E-state index is 4.27. The van der Waals surface area contributed by atoms with Gasteiger partial charge in [0.05, 0.1) is 5.69 Å². The van der Waals surface area contributed by atoms with Gasteiger partial charge in [0.15, 0.2) is 5.65 Å². The van der Waals surface area contributed by atoms with E-state index in [1.807, 2.05) is 26.1 Å². The molecule has 0 aliphatic heterocycles. The van der Waals surface area contributed by atoms with Crippen molar-refractivity contribution in [2.45, 2.75) is 13.8 Å². The van der Waals surface area contributed by atoms with Gasteiger partial charge in [0.1, 0.15) is 0 Å². The topological polar surface area (TPSA) is 30.2 Å². The highest BCUT2D eigenvalue weighted by Gasteiger charge is 2.02. The third-order valence-electron chi connectivity index (χ3n) is 1.86. The predicted molar refractivity (Wildman–Crippen MR) is 42.5 cm³/mol. The highest BCUT2D eigenvalue weighted by Crippen LogP contribution is 2.09. The summed E-state index contributed by atoms with van der Waals surface area (Å²) in [5, 5.41) is 4.27. The van der Waals surface area contributed by atoms with Gasteiger partial charge in [-0.15, -0.1) is 0 Å². The SMILES string of the molecule is Cc1nn2cccnc2c1C. The van der Waals surface area contributed by atoms with Crippen LogP contribution in [0.25, 0.3) is 5.65 Å². The molecule has 3 heteroatoms. The van der Waals surface area contributed by atoms with Gasteiger partial charge in [-0.1, -0.05) is 0 Å². The van der Waals surface area contributed by atoms with E-state index in [4.69, 9.17) is 0 Å². The average Bonchev–Trinajstić information content (AvgIpc) is 2.30. The van der Waals surface area contributed by atoms with E-state index in [2.05, 4.69) is 10.1 Å². The maximum Gasteiger partial charge on any atom is 0.158 e. The van der Waals surface area contributed by atoms with E-state index in [1.54, 1.807) is 10.7 Å². The number of hydrogen-bond acceptors (Lipinski definition) is 2. The smallest absolute Gasteiger partial charge is 0.158 e. The van der Waals surface area contributed by atoms with Crippen LogP contribution in [0, 0.1) is 13.8 Å². The Bertz CT molecular complexity index is 389. The molecule has 0 saturated heterocycles. The van der Waals surface area contributed by atoms with Crippen LogP contribution in [0.15, 0.2) is 18.5 Å². The Kier molecular flexibility index (Phi) is 1.18. The molecule has 2 aromatic heterocycles. The number of fused-ring (bicyclic) bond motifs is 1. The summed E-state index contributed by atoms with van der Waals surface area (Å²) in [6.07, 6.45) is 3.69. The van der Waals surface area contributed by atoms with Crippen molar-refractivity contribution in [1.29, 1.82) is 0 Å². The van der Waals surface area contributed by atoms with E-state index in [9.17, 15) is 0 Å². The molecule has 11 heavy (non-hydrogen) atoms. The predicted octanol–water partition coefficient (Wildman–Crippen LogP) is 1.35. The zero-order valence-electron chi connectivity index (χ0n) is 6.57. The van der Waals surface area contributed by atoms with E-state index >= 15 is 0 Å². The fourth-order valence-electron chi connectivity index (χ4n) is 1.11. The van der Waals surface area contributed by atoms with Crippen LogP contribution < -0.4 is 0 Å². The molecule has 0 aliphatic rings. The molecule has 0 radical (unpaired) electrons. The lowest BCUT2D eigenvalue weighted by Crippen LogP contribution is -1.86. The number of aromatic nitrogens is 3. The molecule has 0 aromatic carbocycles. The fraction of sp³-hybridized carbons (Fsp3) is 0.250. The van der Waals surface area contributed by atoms with Crippen molar-refractivity contribution in [2.75, 3.05) is 0 Å². The van der Waals surface area contributed by atoms with E-state index in [1.165, 1.54) is 0 Å². The van der Waals surface area contributed by atoms with Crippen LogP contribution in [0.3, 0.4) is 0 Å². The van der Waals surface area contributed by atoms with Gasteiger partial charge in [0.25, 0.3) is 0 Å². The molecule has 0 amide bonds. The highest BCUT2D eigenvalue weighted by molar-refractivity contribution is 5.47. The average molecular weight is 147 g/mol. The quantitative estimate of drug-likeness (QED) is 0.563. The molecule has 56 valence electrons. The second kappa shape index (κ2) is 2.05. The van der Waals surface area contributed by atoms with Gasteiger partial charge < -0.3 is 0 Å². The molecular weight excluding hydrogens is 138 g/mol. The number of nitrogens with zero attached hydrogens (tertiary/aromatic N) is 3. The Hall–Kier alpha value is -1.38. The molecule has 0 atom stereocenters. The molecular formula is C8H9N3. The normalized spacial score (nSPS) is 10.7. The fourth-order valence-corrected chi connectivity index (χ4v) is 1.11. The Labute approximate surface area is 64.7 Å². The van der Waals surface area contributed by atoms with E-state index in [0.29, 0.717) is 0 Å². The van der Waals surface area contributed by atoms with Crippen LogP contribution in [0.4, 0.5) is 0 Å².